The second kappa shape index (κ2) is 7.85. The predicted octanol–water partition coefficient (Wildman–Crippen LogP) is 5.74. The van der Waals surface area contributed by atoms with Crippen molar-refractivity contribution in [2.45, 2.75) is 60.3 Å². The lowest BCUT2D eigenvalue weighted by Crippen LogP contribution is -2.35. The van der Waals surface area contributed by atoms with Gasteiger partial charge in [0.05, 0.1) is 5.92 Å². The molecule has 0 spiro atoms. The van der Waals surface area contributed by atoms with Crippen molar-refractivity contribution in [3.05, 3.63) is 47.1 Å². The van der Waals surface area contributed by atoms with E-state index in [1.165, 1.54) is 12.0 Å². The Morgan fingerprint density at radius 2 is 2.07 bits per heavy atom. The largest absolute Gasteiger partial charge is 0.478 e. The van der Waals surface area contributed by atoms with E-state index in [0.29, 0.717) is 23.3 Å². The SMILES string of the molecule is CC(C)=C/C=C\[C@H](C)[C@H]1CC[C@]2(C)C[C@@H]3C(C)=CC(=O)[C@H]3/C(C(=O)O)=C\C[C@@H]12. The van der Waals surface area contributed by atoms with Crippen molar-refractivity contribution in [3.8, 4) is 0 Å². The Morgan fingerprint density at radius 1 is 1.36 bits per heavy atom. The Bertz CT molecular complexity index is 778. The van der Waals surface area contributed by atoms with Crippen molar-refractivity contribution in [1.82, 2.24) is 0 Å². The van der Waals surface area contributed by atoms with Crippen LogP contribution in [0, 0.1) is 35.0 Å². The molecule has 0 saturated heterocycles. The highest BCUT2D eigenvalue weighted by Gasteiger charge is 2.51. The molecule has 1 N–H and O–H groups in total. The number of carboxylic acids is 1. The minimum atomic E-state index is -0.930. The van der Waals surface area contributed by atoms with Crippen LogP contribution >= 0.6 is 0 Å². The number of carboxylic acid groups (broad SMARTS) is 1. The maximum absolute atomic E-state index is 12.5. The van der Waals surface area contributed by atoms with Gasteiger partial charge in [0.25, 0.3) is 0 Å². The van der Waals surface area contributed by atoms with Crippen molar-refractivity contribution in [1.29, 1.82) is 0 Å². The molecule has 3 heteroatoms. The van der Waals surface area contributed by atoms with Crippen LogP contribution in [-0.2, 0) is 9.59 Å². The standard InChI is InChI=1S/C25H34O3/c1-15(2)7-6-8-16(3)18-11-12-25(5)14-20-17(4)13-22(26)23(20)19(24(27)28)9-10-21(18)25/h6-9,13,16,18,20-21,23H,10-12,14H2,1-5H3,(H,27,28)/b8-6-,19-9+/t16-,18+,20+,21-,23-,25+/m0/s1. The zero-order valence-corrected chi connectivity index (χ0v) is 17.9. The number of carbonyl (C=O) groups excluding carboxylic acids is 1. The summed E-state index contributed by atoms with van der Waals surface area (Å²) < 4.78 is 0. The molecule has 3 nitrogen and oxygen atoms in total. The van der Waals surface area contributed by atoms with Crippen LogP contribution in [0.4, 0.5) is 0 Å². The lowest BCUT2D eigenvalue weighted by Gasteiger charge is -2.40. The van der Waals surface area contributed by atoms with Gasteiger partial charge in [0, 0.05) is 5.57 Å². The molecule has 0 aromatic rings. The number of hydrogen-bond acceptors (Lipinski definition) is 2. The van der Waals surface area contributed by atoms with Gasteiger partial charge < -0.3 is 5.11 Å². The minimum absolute atomic E-state index is 0.0224. The van der Waals surface area contributed by atoms with Gasteiger partial charge in [0.2, 0.25) is 0 Å². The zero-order valence-electron chi connectivity index (χ0n) is 17.9. The van der Waals surface area contributed by atoms with Gasteiger partial charge in [-0.1, -0.05) is 49.3 Å². The fourth-order valence-corrected chi connectivity index (χ4v) is 5.94. The highest BCUT2D eigenvalue weighted by molar-refractivity contribution is 6.04. The first kappa shape index (κ1) is 20.8. The third-order valence-corrected chi connectivity index (χ3v) is 7.50. The van der Waals surface area contributed by atoms with Crippen LogP contribution in [-0.4, -0.2) is 16.9 Å². The van der Waals surface area contributed by atoms with E-state index in [9.17, 15) is 14.7 Å². The molecule has 1 saturated carbocycles. The molecule has 3 rings (SSSR count). The molecule has 0 amide bonds. The molecule has 0 bridgehead atoms. The quantitative estimate of drug-likeness (QED) is 0.630. The van der Waals surface area contributed by atoms with E-state index in [1.54, 1.807) is 6.08 Å². The number of hydrogen-bond donors (Lipinski definition) is 1. The topological polar surface area (TPSA) is 54.4 Å². The Morgan fingerprint density at radius 3 is 2.71 bits per heavy atom. The predicted molar refractivity (Wildman–Crippen MR) is 113 cm³/mol. The molecule has 0 aliphatic heterocycles. The van der Waals surface area contributed by atoms with Gasteiger partial charge in [-0.2, -0.15) is 0 Å². The summed E-state index contributed by atoms with van der Waals surface area (Å²) in [6.07, 6.45) is 14.2. The number of fused-ring (bicyclic) bond motifs is 2. The first-order chi connectivity index (χ1) is 13.1. The Balaban J connectivity index is 1.93. The maximum atomic E-state index is 12.5. The second-order valence-corrected chi connectivity index (χ2v) is 9.73. The molecule has 152 valence electrons. The van der Waals surface area contributed by atoms with Crippen LogP contribution in [0.2, 0.25) is 0 Å². The van der Waals surface area contributed by atoms with Crippen molar-refractivity contribution >= 4 is 11.8 Å². The van der Waals surface area contributed by atoms with Gasteiger partial charge in [-0.3, -0.25) is 4.79 Å². The Hall–Kier alpha value is -1.90. The summed E-state index contributed by atoms with van der Waals surface area (Å²) in [5.74, 6) is 0.0731. The number of rotatable bonds is 4. The van der Waals surface area contributed by atoms with E-state index < -0.39 is 11.9 Å². The fourth-order valence-electron chi connectivity index (χ4n) is 5.94. The molecule has 0 aromatic carbocycles. The summed E-state index contributed by atoms with van der Waals surface area (Å²) >= 11 is 0. The number of aliphatic carboxylic acids is 1. The van der Waals surface area contributed by atoms with Crippen LogP contribution in [0.15, 0.2) is 47.1 Å². The molecule has 3 aliphatic rings. The van der Waals surface area contributed by atoms with E-state index in [1.807, 2.05) is 13.0 Å². The molecular formula is C25H34O3. The van der Waals surface area contributed by atoms with Crippen LogP contribution in [0.25, 0.3) is 0 Å². The summed E-state index contributed by atoms with van der Waals surface area (Å²) in [7, 11) is 0. The average Bonchev–Trinajstić information content (AvgIpc) is 3.03. The van der Waals surface area contributed by atoms with Crippen LogP contribution in [0.5, 0.6) is 0 Å². The van der Waals surface area contributed by atoms with Crippen molar-refractivity contribution < 1.29 is 14.7 Å². The molecule has 0 heterocycles. The van der Waals surface area contributed by atoms with Gasteiger partial charge in [-0.15, -0.1) is 0 Å². The minimum Gasteiger partial charge on any atom is -0.478 e. The molecular weight excluding hydrogens is 348 g/mol. The lowest BCUT2D eigenvalue weighted by atomic mass is 9.63. The van der Waals surface area contributed by atoms with E-state index in [-0.39, 0.29) is 17.1 Å². The van der Waals surface area contributed by atoms with E-state index >= 15 is 0 Å². The van der Waals surface area contributed by atoms with Crippen molar-refractivity contribution in [2.75, 3.05) is 0 Å². The van der Waals surface area contributed by atoms with Gasteiger partial charge in [-0.25, -0.2) is 4.79 Å². The van der Waals surface area contributed by atoms with Gasteiger partial charge in [0.1, 0.15) is 0 Å². The highest BCUT2D eigenvalue weighted by Crippen LogP contribution is 2.58. The lowest BCUT2D eigenvalue weighted by molar-refractivity contribution is -0.135. The summed E-state index contributed by atoms with van der Waals surface area (Å²) in [4.78, 5) is 24.5. The molecule has 0 aromatic heterocycles. The molecule has 28 heavy (non-hydrogen) atoms. The molecule has 0 unspecified atom stereocenters. The number of ketones is 1. The van der Waals surface area contributed by atoms with Gasteiger partial charge in [-0.05, 0) is 81.6 Å². The highest BCUT2D eigenvalue weighted by atomic mass is 16.4. The third-order valence-electron chi connectivity index (χ3n) is 7.50. The monoisotopic (exact) mass is 382 g/mol. The Kier molecular flexibility index (Phi) is 5.84. The zero-order chi connectivity index (χ0) is 20.6. The second-order valence-electron chi connectivity index (χ2n) is 9.73. The van der Waals surface area contributed by atoms with Crippen LogP contribution < -0.4 is 0 Å². The van der Waals surface area contributed by atoms with Gasteiger partial charge in [0.15, 0.2) is 5.78 Å². The summed E-state index contributed by atoms with van der Waals surface area (Å²) in [6, 6.07) is 0. The smallest absolute Gasteiger partial charge is 0.332 e. The normalized spacial score (nSPS) is 38.0. The van der Waals surface area contributed by atoms with Gasteiger partial charge >= 0.3 is 5.97 Å². The van der Waals surface area contributed by atoms with E-state index in [2.05, 4.69) is 45.9 Å². The third kappa shape index (κ3) is 3.81. The summed E-state index contributed by atoms with van der Waals surface area (Å²) in [6.45, 7) is 10.9. The molecule has 1 fully saturated rings. The number of allylic oxidation sites excluding steroid dienone is 7. The first-order valence-corrected chi connectivity index (χ1v) is 10.6. The van der Waals surface area contributed by atoms with E-state index in [4.69, 9.17) is 0 Å². The van der Waals surface area contributed by atoms with Crippen LogP contribution in [0.3, 0.4) is 0 Å². The fraction of sp³-hybridized carbons (Fsp3) is 0.600. The van der Waals surface area contributed by atoms with E-state index in [0.717, 1.165) is 24.8 Å². The Labute approximate surface area is 169 Å². The van der Waals surface area contributed by atoms with Crippen molar-refractivity contribution in [2.24, 2.45) is 35.0 Å². The molecule has 6 atom stereocenters. The maximum Gasteiger partial charge on any atom is 0.332 e. The molecule has 0 radical (unpaired) electrons. The van der Waals surface area contributed by atoms with Crippen molar-refractivity contribution in [3.63, 3.8) is 0 Å². The summed E-state index contributed by atoms with van der Waals surface area (Å²) in [5.41, 5.74) is 2.83. The molecule has 3 aliphatic carbocycles. The number of carbonyl (C=O) groups is 2. The first-order valence-electron chi connectivity index (χ1n) is 10.6. The summed E-state index contributed by atoms with van der Waals surface area (Å²) in [5, 5.41) is 9.79. The average molecular weight is 383 g/mol. The van der Waals surface area contributed by atoms with Crippen LogP contribution in [0.1, 0.15) is 60.3 Å².